The molecule has 0 aromatic heterocycles. The Balaban J connectivity index is 2.54. The van der Waals surface area contributed by atoms with Gasteiger partial charge in [-0.1, -0.05) is 49.8 Å². The first-order chi connectivity index (χ1) is 10.8. The molecule has 0 radical (unpaired) electrons. The predicted octanol–water partition coefficient (Wildman–Crippen LogP) is 5.46. The molecule has 0 heterocycles. The molecule has 0 aromatic carbocycles. The van der Waals surface area contributed by atoms with Gasteiger partial charge in [0.2, 0.25) is 0 Å². The molecule has 1 saturated carbocycles. The Morgan fingerprint density at radius 2 is 2.17 bits per heavy atom. The molecular weight excluding hydrogens is 290 g/mol. The van der Waals surface area contributed by atoms with Crippen molar-refractivity contribution >= 4 is 5.97 Å². The molecule has 2 nitrogen and oxygen atoms in total. The number of hydrogen-bond acceptors (Lipinski definition) is 2. The quantitative estimate of drug-likeness (QED) is 0.297. The van der Waals surface area contributed by atoms with Crippen molar-refractivity contribution in [1.29, 1.82) is 0 Å². The maximum Gasteiger partial charge on any atom is 0.312 e. The smallest absolute Gasteiger partial charge is 0.312 e. The standard InChI is InChI=1S/C21H32O2/c1-7-15(2)11-14-21(19(22)23-6)17(4)12-13-20(5)16(3)9-8-10-18(20)21/h7,9,11,17-18H,1,8,10,12-14H2,2-6H3/b15-11-/t17-,18+,20+,21-/m1/s1/i8+1,9+1,13+1,14+1,20+1,21+1. The second-order valence-corrected chi connectivity index (χ2v) is 7.76. The number of esters is 1. The van der Waals surface area contributed by atoms with Gasteiger partial charge in [0.05, 0.1) is 12.5 Å². The summed E-state index contributed by atoms with van der Waals surface area (Å²) in [5.41, 5.74) is 2.30. The first-order valence-corrected chi connectivity index (χ1v) is 8.87. The number of carbonyl (C=O) groups is 1. The van der Waals surface area contributed by atoms with Gasteiger partial charge >= 0.3 is 5.97 Å². The van der Waals surface area contributed by atoms with Crippen molar-refractivity contribution in [1.82, 2.24) is 0 Å². The Labute approximate surface area is 141 Å². The molecule has 0 unspecified atom stereocenters. The first-order valence-electron chi connectivity index (χ1n) is 8.87. The van der Waals surface area contributed by atoms with Gasteiger partial charge in [0.15, 0.2) is 0 Å². The Hall–Kier alpha value is -1.31. The van der Waals surface area contributed by atoms with Crippen LogP contribution in [0.4, 0.5) is 0 Å². The van der Waals surface area contributed by atoms with E-state index in [2.05, 4.69) is 46.4 Å². The molecule has 2 aliphatic rings. The average Bonchev–Trinajstić information content (AvgIpc) is 2.55. The number of allylic oxidation sites excluding steroid dienone is 5. The van der Waals surface area contributed by atoms with Crippen molar-refractivity contribution in [3.05, 3.63) is 36.0 Å². The lowest BCUT2D eigenvalue weighted by molar-refractivity contribution is -0.171. The summed E-state index contributed by atoms with van der Waals surface area (Å²) in [6, 6.07) is 0. The van der Waals surface area contributed by atoms with Crippen LogP contribution in [-0.2, 0) is 9.53 Å². The van der Waals surface area contributed by atoms with Gasteiger partial charge in [-0.2, -0.15) is 0 Å². The number of ether oxygens (including phenoxy) is 1. The molecule has 2 rings (SSSR count). The molecule has 128 valence electrons. The van der Waals surface area contributed by atoms with E-state index in [-0.39, 0.29) is 11.4 Å². The fraction of sp³-hybridized carbons (Fsp3) is 0.667. The zero-order chi connectivity index (χ0) is 17.3. The Bertz CT molecular complexity index is 542. The molecule has 0 N–H and O–H groups in total. The number of fused-ring (bicyclic) bond motifs is 1. The van der Waals surface area contributed by atoms with Gasteiger partial charge in [0.25, 0.3) is 0 Å². The summed E-state index contributed by atoms with van der Waals surface area (Å²) in [5.74, 6) is 0.668. The Morgan fingerprint density at radius 3 is 2.78 bits per heavy atom. The van der Waals surface area contributed by atoms with Crippen LogP contribution in [0, 0.1) is 22.7 Å². The van der Waals surface area contributed by atoms with E-state index < -0.39 is 5.41 Å². The predicted molar refractivity (Wildman–Crippen MR) is 96.0 cm³/mol. The summed E-state index contributed by atoms with van der Waals surface area (Å²) < 4.78 is 5.35. The summed E-state index contributed by atoms with van der Waals surface area (Å²) in [4.78, 5) is 13.0. The van der Waals surface area contributed by atoms with Gasteiger partial charge in [-0.05, 0) is 63.2 Å². The minimum absolute atomic E-state index is 0.0243. The highest BCUT2D eigenvalue weighted by atomic mass is 16.5. The van der Waals surface area contributed by atoms with Crippen LogP contribution in [0.3, 0.4) is 0 Å². The van der Waals surface area contributed by atoms with Gasteiger partial charge in [-0.3, -0.25) is 4.79 Å². The lowest BCUT2D eigenvalue weighted by Gasteiger charge is -2.57. The van der Waals surface area contributed by atoms with Crippen LogP contribution < -0.4 is 0 Å². The highest BCUT2D eigenvalue weighted by Crippen LogP contribution is 2.62. The highest BCUT2D eigenvalue weighted by molar-refractivity contribution is 5.78. The maximum absolute atomic E-state index is 13.0. The molecule has 0 aliphatic heterocycles. The van der Waals surface area contributed by atoms with Crippen molar-refractivity contribution in [3.8, 4) is 0 Å². The van der Waals surface area contributed by atoms with Gasteiger partial charge in [0, 0.05) is 0 Å². The monoisotopic (exact) mass is 322 g/mol. The zero-order valence-corrected chi connectivity index (χ0v) is 15.4. The van der Waals surface area contributed by atoms with Crippen LogP contribution in [0.2, 0.25) is 0 Å². The van der Waals surface area contributed by atoms with Crippen molar-refractivity contribution < 1.29 is 9.53 Å². The van der Waals surface area contributed by atoms with Gasteiger partial charge in [-0.25, -0.2) is 0 Å². The largest absolute Gasteiger partial charge is 0.469 e. The summed E-state index contributed by atoms with van der Waals surface area (Å²) in [6.45, 7) is 12.7. The zero-order valence-electron chi connectivity index (χ0n) is 15.4. The van der Waals surface area contributed by atoms with E-state index in [9.17, 15) is 4.79 Å². The molecule has 23 heavy (non-hydrogen) atoms. The molecule has 4 atom stereocenters. The van der Waals surface area contributed by atoms with E-state index >= 15 is 0 Å². The van der Waals surface area contributed by atoms with Crippen molar-refractivity contribution in [2.75, 3.05) is 7.11 Å². The third-order valence-corrected chi connectivity index (χ3v) is 6.82. The second-order valence-electron chi connectivity index (χ2n) is 7.76. The van der Waals surface area contributed by atoms with Crippen LogP contribution in [-0.4, -0.2) is 13.1 Å². The Kier molecular flexibility index (Phi) is 5.23. The minimum Gasteiger partial charge on any atom is -0.469 e. The number of methoxy groups -OCH3 is 1. The minimum atomic E-state index is -0.415. The fourth-order valence-corrected chi connectivity index (χ4v) is 4.98. The van der Waals surface area contributed by atoms with Crippen molar-refractivity contribution in [2.45, 2.75) is 59.8 Å². The van der Waals surface area contributed by atoms with E-state index in [0.29, 0.717) is 11.8 Å². The second kappa shape index (κ2) is 6.67. The lowest BCUT2D eigenvalue weighted by Crippen LogP contribution is -2.55. The average molecular weight is 322 g/mol. The molecule has 0 saturated heterocycles. The van der Waals surface area contributed by atoms with Crippen LogP contribution in [0.5, 0.6) is 0 Å². The topological polar surface area (TPSA) is 26.3 Å². The molecule has 0 spiro atoms. The van der Waals surface area contributed by atoms with E-state index in [1.807, 2.05) is 6.08 Å². The lowest BCUT2D eigenvalue weighted by atomic mass is 9.87. The summed E-state index contributed by atoms with van der Waals surface area (Å²) in [7, 11) is 1.54. The van der Waals surface area contributed by atoms with Crippen LogP contribution in [0.25, 0.3) is 0 Å². The highest BCUT2D eigenvalue weighted by Gasteiger charge is 2.59. The third-order valence-electron chi connectivity index (χ3n) is 6.82. The number of rotatable bonds is 4. The fourth-order valence-electron chi connectivity index (χ4n) is 4.98. The van der Waals surface area contributed by atoms with E-state index in [4.69, 9.17) is 4.74 Å². The first kappa shape index (κ1) is 18.0. The molecule has 2 aliphatic carbocycles. The SMILES string of the molecule is C=C/C(C)=C\[13CH2][13C@@]1(C(=O)OC)[C@H](C)C[13CH2][13C@@]2(C)C(C)=[13CH][13CH2]C[C@H]12. The normalized spacial score (nSPS) is 37.6. The van der Waals surface area contributed by atoms with Crippen molar-refractivity contribution in [2.24, 2.45) is 22.7 Å². The molecule has 0 aromatic rings. The van der Waals surface area contributed by atoms with Gasteiger partial charge in [0.1, 0.15) is 0 Å². The molecular formula is C21H32O2. The molecule has 2 heteroatoms. The van der Waals surface area contributed by atoms with Crippen LogP contribution in [0.1, 0.15) is 59.8 Å². The van der Waals surface area contributed by atoms with E-state index in [0.717, 1.165) is 31.3 Å². The molecule has 1 fully saturated rings. The van der Waals surface area contributed by atoms with Gasteiger partial charge in [-0.15, -0.1) is 0 Å². The van der Waals surface area contributed by atoms with Crippen LogP contribution >= 0.6 is 0 Å². The number of hydrogen-bond donors (Lipinski definition) is 0. The maximum atomic E-state index is 13.0. The number of carbonyl (C=O) groups excluding carboxylic acids is 1. The van der Waals surface area contributed by atoms with E-state index in [1.54, 1.807) is 7.11 Å². The molecule has 0 amide bonds. The van der Waals surface area contributed by atoms with Gasteiger partial charge < -0.3 is 4.74 Å². The summed E-state index contributed by atoms with van der Waals surface area (Å²) in [6.07, 6.45) is 11.6. The summed E-state index contributed by atoms with van der Waals surface area (Å²) >= 11 is 0. The summed E-state index contributed by atoms with van der Waals surface area (Å²) in [5, 5.41) is 0. The third kappa shape index (κ3) is 2.81. The van der Waals surface area contributed by atoms with Crippen LogP contribution in [0.15, 0.2) is 36.0 Å². The molecule has 0 bridgehead atoms. The Morgan fingerprint density at radius 1 is 1.48 bits per heavy atom. The van der Waals surface area contributed by atoms with E-state index in [1.165, 1.54) is 12.0 Å². The van der Waals surface area contributed by atoms with Crippen molar-refractivity contribution in [3.63, 3.8) is 0 Å².